The van der Waals surface area contributed by atoms with Gasteiger partial charge < -0.3 is 10.6 Å². The van der Waals surface area contributed by atoms with Crippen molar-refractivity contribution in [3.8, 4) is 0 Å². The maximum absolute atomic E-state index is 11.5. The highest BCUT2D eigenvalue weighted by Gasteiger charge is 2.30. The Morgan fingerprint density at radius 2 is 2.18 bits per heavy atom. The average Bonchev–Trinajstić information content (AvgIpc) is 3.00. The topological polar surface area (TPSA) is 70.6 Å². The molecule has 2 aliphatic rings. The lowest BCUT2D eigenvalue weighted by Gasteiger charge is -2.21. The minimum atomic E-state index is -2.79. The number of hydrogen-bond donors (Lipinski definition) is 2. The number of hydrogen-bond acceptors (Lipinski definition) is 4. The zero-order valence-corrected chi connectivity index (χ0v) is 17.4. The first-order chi connectivity index (χ1) is 9.92. The molecule has 0 bridgehead atoms. The summed E-state index contributed by atoms with van der Waals surface area (Å²) in [5.41, 5.74) is 0. The van der Waals surface area contributed by atoms with Crippen LogP contribution in [0.15, 0.2) is 4.99 Å². The summed E-state index contributed by atoms with van der Waals surface area (Å²) in [6.45, 7) is 6.65. The SMILES string of the molecule is CCNC(=NCC1(C)CCCS1)NCC1CCS(=O)(=O)C1.I. The van der Waals surface area contributed by atoms with Gasteiger partial charge in [-0.3, -0.25) is 4.99 Å². The van der Waals surface area contributed by atoms with Crippen molar-refractivity contribution in [1.82, 2.24) is 10.6 Å². The van der Waals surface area contributed by atoms with E-state index in [-0.39, 0.29) is 34.6 Å². The van der Waals surface area contributed by atoms with Crippen LogP contribution in [0.1, 0.15) is 33.1 Å². The molecule has 2 aliphatic heterocycles. The van der Waals surface area contributed by atoms with E-state index in [0.29, 0.717) is 18.1 Å². The molecule has 2 atom stereocenters. The van der Waals surface area contributed by atoms with Gasteiger partial charge >= 0.3 is 0 Å². The monoisotopic (exact) mass is 461 g/mol. The van der Waals surface area contributed by atoms with Crippen molar-refractivity contribution in [2.24, 2.45) is 10.9 Å². The zero-order valence-electron chi connectivity index (χ0n) is 13.4. The summed E-state index contributed by atoms with van der Waals surface area (Å²) in [4.78, 5) is 4.69. The van der Waals surface area contributed by atoms with Crippen LogP contribution in [0, 0.1) is 5.92 Å². The van der Waals surface area contributed by atoms with Gasteiger partial charge in [0.1, 0.15) is 0 Å². The fourth-order valence-corrected chi connectivity index (χ4v) is 5.91. The molecule has 0 amide bonds. The van der Waals surface area contributed by atoms with Crippen LogP contribution in [-0.4, -0.2) is 56.0 Å². The minimum Gasteiger partial charge on any atom is -0.357 e. The third kappa shape index (κ3) is 6.43. The van der Waals surface area contributed by atoms with E-state index < -0.39 is 9.84 Å². The largest absolute Gasteiger partial charge is 0.357 e. The molecule has 2 saturated heterocycles. The second-order valence-corrected chi connectivity index (χ2v) is 10.2. The van der Waals surface area contributed by atoms with Crippen molar-refractivity contribution in [2.75, 3.05) is 36.9 Å². The van der Waals surface area contributed by atoms with Gasteiger partial charge in [-0.2, -0.15) is 11.8 Å². The Morgan fingerprint density at radius 1 is 1.41 bits per heavy atom. The molecule has 5 nitrogen and oxygen atoms in total. The normalized spacial score (nSPS) is 30.8. The second-order valence-electron chi connectivity index (χ2n) is 6.25. The van der Waals surface area contributed by atoms with Crippen LogP contribution < -0.4 is 10.6 Å². The molecule has 2 rings (SSSR count). The molecule has 0 radical (unpaired) electrons. The predicted octanol–water partition coefficient (Wildman–Crippen LogP) is 1.88. The Kier molecular flexibility index (Phi) is 8.29. The third-order valence-electron chi connectivity index (χ3n) is 4.10. The van der Waals surface area contributed by atoms with E-state index in [0.717, 1.165) is 25.5 Å². The molecule has 0 aliphatic carbocycles. The van der Waals surface area contributed by atoms with Crippen LogP contribution in [0.5, 0.6) is 0 Å². The van der Waals surface area contributed by atoms with E-state index in [1.807, 2.05) is 18.7 Å². The van der Waals surface area contributed by atoms with E-state index >= 15 is 0 Å². The Hall–Kier alpha value is 0.300. The quantitative estimate of drug-likeness (QED) is 0.372. The Bertz CT molecular complexity index is 476. The van der Waals surface area contributed by atoms with Crippen LogP contribution in [0.3, 0.4) is 0 Å². The highest BCUT2D eigenvalue weighted by atomic mass is 127. The van der Waals surface area contributed by atoms with Crippen LogP contribution in [0.25, 0.3) is 0 Å². The van der Waals surface area contributed by atoms with E-state index in [9.17, 15) is 8.42 Å². The fourth-order valence-electron chi connectivity index (χ4n) is 2.82. The summed E-state index contributed by atoms with van der Waals surface area (Å²) in [5.74, 6) is 2.91. The average molecular weight is 461 g/mol. The van der Waals surface area contributed by atoms with Gasteiger partial charge in [-0.1, -0.05) is 0 Å². The first-order valence-electron chi connectivity index (χ1n) is 7.79. The van der Waals surface area contributed by atoms with Crippen molar-refractivity contribution in [2.45, 2.75) is 37.9 Å². The van der Waals surface area contributed by atoms with E-state index in [2.05, 4.69) is 22.5 Å². The molecule has 2 fully saturated rings. The van der Waals surface area contributed by atoms with Gasteiger partial charge in [0.05, 0.1) is 18.1 Å². The molecular weight excluding hydrogens is 433 g/mol. The number of guanidine groups is 1. The third-order valence-corrected chi connectivity index (χ3v) is 7.46. The molecule has 2 N–H and O–H groups in total. The van der Waals surface area contributed by atoms with Gasteiger partial charge in [0.2, 0.25) is 0 Å². The van der Waals surface area contributed by atoms with Crippen LogP contribution in [-0.2, 0) is 9.84 Å². The van der Waals surface area contributed by atoms with Gasteiger partial charge in [-0.05, 0) is 44.8 Å². The molecule has 0 spiro atoms. The van der Waals surface area contributed by atoms with E-state index in [1.54, 1.807) is 0 Å². The lowest BCUT2D eigenvalue weighted by Crippen LogP contribution is -2.41. The number of rotatable bonds is 5. The van der Waals surface area contributed by atoms with Crippen molar-refractivity contribution in [3.63, 3.8) is 0 Å². The Balaban J connectivity index is 0.00000242. The van der Waals surface area contributed by atoms with Crippen molar-refractivity contribution < 1.29 is 8.42 Å². The van der Waals surface area contributed by atoms with E-state index in [1.165, 1.54) is 18.6 Å². The van der Waals surface area contributed by atoms with Crippen LogP contribution in [0.4, 0.5) is 0 Å². The van der Waals surface area contributed by atoms with Crippen molar-refractivity contribution in [3.05, 3.63) is 0 Å². The Morgan fingerprint density at radius 3 is 2.73 bits per heavy atom. The number of halogens is 1. The molecule has 130 valence electrons. The van der Waals surface area contributed by atoms with Crippen LogP contribution in [0.2, 0.25) is 0 Å². The highest BCUT2D eigenvalue weighted by Crippen LogP contribution is 2.37. The van der Waals surface area contributed by atoms with Crippen molar-refractivity contribution >= 4 is 51.5 Å². The minimum absolute atomic E-state index is 0. The van der Waals surface area contributed by atoms with E-state index in [4.69, 9.17) is 0 Å². The van der Waals surface area contributed by atoms with Gasteiger partial charge in [-0.15, -0.1) is 24.0 Å². The highest BCUT2D eigenvalue weighted by molar-refractivity contribution is 14.0. The van der Waals surface area contributed by atoms with Gasteiger partial charge in [0.15, 0.2) is 15.8 Å². The first-order valence-corrected chi connectivity index (χ1v) is 10.6. The second kappa shape index (κ2) is 8.96. The fraction of sp³-hybridized carbons (Fsp3) is 0.929. The number of aliphatic imine (C=N–C) groups is 1. The summed E-state index contributed by atoms with van der Waals surface area (Å²) < 4.78 is 23.2. The molecular formula is C14H28IN3O2S2. The number of sulfone groups is 1. The smallest absolute Gasteiger partial charge is 0.191 e. The maximum atomic E-state index is 11.5. The standard InChI is InChI=1S/C14H27N3O2S2.HI/c1-3-15-13(17-11-14(2)6-4-7-20-14)16-9-12-5-8-21(18,19)10-12;/h12H,3-11H2,1-2H3,(H2,15,16,17);1H. The molecule has 0 aromatic heterocycles. The molecule has 8 heteroatoms. The maximum Gasteiger partial charge on any atom is 0.191 e. The van der Waals surface area contributed by atoms with Gasteiger partial charge in [0.25, 0.3) is 0 Å². The summed E-state index contributed by atoms with van der Waals surface area (Å²) in [7, 11) is -2.79. The molecule has 2 heterocycles. The molecule has 0 aromatic rings. The summed E-state index contributed by atoms with van der Waals surface area (Å²) in [6.07, 6.45) is 3.27. The number of nitrogens with zero attached hydrogens (tertiary/aromatic N) is 1. The summed E-state index contributed by atoms with van der Waals surface area (Å²) in [6, 6.07) is 0. The zero-order chi connectivity index (χ0) is 15.3. The number of nitrogens with one attached hydrogen (secondary N) is 2. The summed E-state index contributed by atoms with van der Waals surface area (Å²) in [5, 5.41) is 6.56. The lowest BCUT2D eigenvalue weighted by molar-refractivity contribution is 0.564. The predicted molar refractivity (Wildman–Crippen MR) is 106 cm³/mol. The first kappa shape index (κ1) is 20.3. The lowest BCUT2D eigenvalue weighted by atomic mass is 10.1. The van der Waals surface area contributed by atoms with Gasteiger partial charge in [-0.25, -0.2) is 8.42 Å². The molecule has 22 heavy (non-hydrogen) atoms. The Labute approximate surface area is 155 Å². The summed E-state index contributed by atoms with van der Waals surface area (Å²) >= 11 is 2.01. The molecule has 2 unspecified atom stereocenters. The van der Waals surface area contributed by atoms with Crippen molar-refractivity contribution in [1.29, 1.82) is 0 Å². The molecule has 0 aromatic carbocycles. The van der Waals surface area contributed by atoms with Crippen LogP contribution >= 0.6 is 35.7 Å². The number of thioether (sulfide) groups is 1. The van der Waals surface area contributed by atoms with Gasteiger partial charge in [0, 0.05) is 17.8 Å². The molecule has 0 saturated carbocycles.